The van der Waals surface area contributed by atoms with E-state index < -0.39 is 12.0 Å². The Balaban J connectivity index is 1.57. The van der Waals surface area contributed by atoms with Gasteiger partial charge in [-0.25, -0.2) is 13.8 Å². The summed E-state index contributed by atoms with van der Waals surface area (Å²) in [6.45, 7) is 5.79. The van der Waals surface area contributed by atoms with Crippen LogP contribution < -0.4 is 25.0 Å². The van der Waals surface area contributed by atoms with Crippen molar-refractivity contribution in [2.75, 3.05) is 63.5 Å². The molecule has 0 bridgehead atoms. The van der Waals surface area contributed by atoms with Crippen LogP contribution in [0.4, 0.5) is 20.5 Å². The topological polar surface area (TPSA) is 91.8 Å². The molecule has 1 aliphatic carbocycles. The van der Waals surface area contributed by atoms with Gasteiger partial charge in [0, 0.05) is 44.2 Å². The second-order valence-electron chi connectivity index (χ2n) is 12.0. The van der Waals surface area contributed by atoms with Crippen molar-refractivity contribution in [3.63, 3.8) is 0 Å². The Morgan fingerprint density at radius 1 is 1.20 bits per heavy atom. The van der Waals surface area contributed by atoms with Crippen LogP contribution in [-0.2, 0) is 4.79 Å². The summed E-state index contributed by atoms with van der Waals surface area (Å²) in [7, 11) is 4.89. The summed E-state index contributed by atoms with van der Waals surface area (Å²) < 4.78 is 42.4. The number of ether oxygens (including phenoxy) is 2. The maximum Gasteiger partial charge on any atom is 0.280 e. The highest BCUT2D eigenvalue weighted by Crippen LogP contribution is 2.41. The van der Waals surface area contributed by atoms with E-state index in [9.17, 15) is 4.79 Å². The van der Waals surface area contributed by atoms with Gasteiger partial charge in [0.25, 0.3) is 5.92 Å². The lowest BCUT2D eigenvalue weighted by molar-refractivity contribution is -0.118. The molecule has 0 radical (unpaired) electrons. The molecular weight excluding hydrogens is 554 g/mol. The van der Waals surface area contributed by atoms with Crippen molar-refractivity contribution in [1.29, 1.82) is 0 Å². The number of nitrogens with zero attached hydrogens (tertiary/aromatic N) is 4. The number of hydrogen-bond acceptors (Lipinski definition) is 8. The lowest BCUT2D eigenvalue weighted by atomic mass is 9.74. The smallest absolute Gasteiger partial charge is 0.280 e. The highest BCUT2D eigenvalue weighted by Gasteiger charge is 2.47. The Hall–Kier alpha value is -2.66. The maximum atomic E-state index is 15.7. The standard InChI is InChI=1S/C29H43ClF2N6O3/c1-28(2)10-6-8-19(16-28)38-13-9-24(29(31,32)18-38)35-26-20-14-22(40-4)23(41-5)15-21(20)34-27(36-26)37(3)12-7-11-33-25(39)17-30/h14-15,19,24H,6-13,16-18H2,1-5H3,(H,33,39)(H,34,35,36). The largest absolute Gasteiger partial charge is 0.493 e. The third kappa shape index (κ3) is 7.60. The number of benzene rings is 1. The highest BCUT2D eigenvalue weighted by molar-refractivity contribution is 6.27. The van der Waals surface area contributed by atoms with Crippen LogP contribution in [0.15, 0.2) is 12.1 Å². The van der Waals surface area contributed by atoms with E-state index in [1.165, 1.54) is 14.2 Å². The molecule has 2 heterocycles. The minimum absolute atomic E-state index is 0.0911. The number of amides is 1. The molecular formula is C29H43ClF2N6O3. The summed E-state index contributed by atoms with van der Waals surface area (Å²) in [5.41, 5.74) is 0.730. The Kier molecular flexibility index (Phi) is 10.00. The number of halogens is 3. The van der Waals surface area contributed by atoms with Gasteiger partial charge in [-0.05, 0) is 43.6 Å². The van der Waals surface area contributed by atoms with Crippen molar-refractivity contribution in [2.24, 2.45) is 5.41 Å². The fourth-order valence-electron chi connectivity index (χ4n) is 6.01. The summed E-state index contributed by atoms with van der Waals surface area (Å²) in [5, 5.41) is 6.41. The van der Waals surface area contributed by atoms with Gasteiger partial charge in [0.1, 0.15) is 11.7 Å². The van der Waals surface area contributed by atoms with E-state index in [0.29, 0.717) is 66.6 Å². The number of piperidine rings is 1. The number of nitrogens with one attached hydrogen (secondary N) is 2. The van der Waals surface area contributed by atoms with E-state index in [2.05, 4.69) is 24.5 Å². The fraction of sp³-hybridized carbons (Fsp3) is 0.690. The van der Waals surface area contributed by atoms with Gasteiger partial charge in [0.2, 0.25) is 11.9 Å². The molecule has 2 aliphatic rings. The molecule has 1 amide bonds. The molecule has 1 aliphatic heterocycles. The Labute approximate surface area is 246 Å². The predicted molar refractivity (Wildman–Crippen MR) is 159 cm³/mol. The van der Waals surface area contributed by atoms with Gasteiger partial charge in [0.15, 0.2) is 11.5 Å². The Morgan fingerprint density at radius 2 is 1.93 bits per heavy atom. The number of anilines is 2. The molecule has 0 spiro atoms. The first-order valence-electron chi connectivity index (χ1n) is 14.3. The van der Waals surface area contributed by atoms with E-state index in [0.717, 1.165) is 25.7 Å². The molecule has 1 aromatic carbocycles. The quantitative estimate of drug-likeness (QED) is 0.279. The summed E-state index contributed by atoms with van der Waals surface area (Å²) in [5.74, 6) is -1.62. The van der Waals surface area contributed by atoms with Crippen LogP contribution in [0.5, 0.6) is 11.5 Å². The molecule has 41 heavy (non-hydrogen) atoms. The molecule has 2 N–H and O–H groups in total. The second-order valence-corrected chi connectivity index (χ2v) is 12.3. The van der Waals surface area contributed by atoms with Crippen LogP contribution in [0.2, 0.25) is 0 Å². The Bertz CT molecular complexity index is 1220. The van der Waals surface area contributed by atoms with Crippen LogP contribution in [0.25, 0.3) is 10.9 Å². The van der Waals surface area contributed by atoms with Gasteiger partial charge in [-0.2, -0.15) is 4.98 Å². The molecule has 2 unspecified atom stereocenters. The van der Waals surface area contributed by atoms with E-state index in [4.69, 9.17) is 31.0 Å². The first kappa shape index (κ1) is 31.3. The van der Waals surface area contributed by atoms with Crippen molar-refractivity contribution < 1.29 is 23.0 Å². The number of methoxy groups -OCH3 is 2. The molecule has 2 atom stereocenters. The average Bonchev–Trinajstić information content (AvgIpc) is 2.94. The molecule has 12 heteroatoms. The van der Waals surface area contributed by atoms with Gasteiger partial charge >= 0.3 is 0 Å². The molecule has 2 fully saturated rings. The lowest BCUT2D eigenvalue weighted by Gasteiger charge is -2.46. The zero-order chi connectivity index (χ0) is 29.8. The summed E-state index contributed by atoms with van der Waals surface area (Å²) in [4.78, 5) is 24.7. The zero-order valence-electron chi connectivity index (χ0n) is 24.7. The number of fused-ring (bicyclic) bond motifs is 1. The van der Waals surface area contributed by atoms with Gasteiger partial charge in [0.05, 0.1) is 32.3 Å². The Morgan fingerprint density at radius 3 is 2.59 bits per heavy atom. The average molecular weight is 597 g/mol. The first-order valence-corrected chi connectivity index (χ1v) is 14.9. The minimum Gasteiger partial charge on any atom is -0.493 e. The normalized spacial score (nSPS) is 22.2. The van der Waals surface area contributed by atoms with E-state index in [1.54, 1.807) is 12.1 Å². The second kappa shape index (κ2) is 13.1. The van der Waals surface area contributed by atoms with Crippen LogP contribution in [0, 0.1) is 5.41 Å². The lowest BCUT2D eigenvalue weighted by Crippen LogP contribution is -2.58. The monoisotopic (exact) mass is 596 g/mol. The van der Waals surface area contributed by atoms with Crippen LogP contribution >= 0.6 is 11.6 Å². The van der Waals surface area contributed by atoms with E-state index >= 15 is 8.78 Å². The van der Waals surface area contributed by atoms with Crippen molar-refractivity contribution in [1.82, 2.24) is 20.2 Å². The number of aromatic nitrogens is 2. The number of carbonyl (C=O) groups excluding carboxylic acids is 1. The van der Waals surface area contributed by atoms with Gasteiger partial charge in [-0.15, -0.1) is 11.6 Å². The van der Waals surface area contributed by atoms with Crippen molar-refractivity contribution >= 4 is 40.2 Å². The van der Waals surface area contributed by atoms with E-state index in [-0.39, 0.29) is 29.8 Å². The third-order valence-corrected chi connectivity index (χ3v) is 8.52. The highest BCUT2D eigenvalue weighted by atomic mass is 35.5. The number of rotatable bonds is 11. The van der Waals surface area contributed by atoms with Gasteiger partial charge < -0.3 is 25.0 Å². The number of alkyl halides is 3. The molecule has 1 saturated heterocycles. The zero-order valence-corrected chi connectivity index (χ0v) is 25.5. The third-order valence-electron chi connectivity index (χ3n) is 8.28. The number of hydrogen-bond donors (Lipinski definition) is 2. The van der Waals surface area contributed by atoms with Crippen LogP contribution in [0.3, 0.4) is 0 Å². The predicted octanol–water partition coefficient (Wildman–Crippen LogP) is 4.92. The van der Waals surface area contributed by atoms with Crippen molar-refractivity contribution in [2.45, 2.75) is 70.4 Å². The van der Waals surface area contributed by atoms with Crippen LogP contribution in [0.1, 0.15) is 52.4 Å². The minimum atomic E-state index is -2.94. The molecule has 1 saturated carbocycles. The first-order chi connectivity index (χ1) is 19.5. The molecule has 2 aromatic rings. The van der Waals surface area contributed by atoms with E-state index in [1.807, 2.05) is 16.8 Å². The van der Waals surface area contributed by atoms with Gasteiger partial charge in [-0.3, -0.25) is 9.69 Å². The molecule has 4 rings (SSSR count). The van der Waals surface area contributed by atoms with Crippen molar-refractivity contribution in [3.05, 3.63) is 12.1 Å². The molecule has 9 nitrogen and oxygen atoms in total. The fourth-order valence-corrected chi connectivity index (χ4v) is 6.10. The molecule has 1 aromatic heterocycles. The summed E-state index contributed by atoms with van der Waals surface area (Å²) >= 11 is 5.54. The van der Waals surface area contributed by atoms with Gasteiger partial charge in [-0.1, -0.05) is 20.3 Å². The number of likely N-dealkylation sites (tertiary alicyclic amines) is 1. The van der Waals surface area contributed by atoms with Crippen LogP contribution in [-0.4, -0.2) is 92.1 Å². The summed E-state index contributed by atoms with van der Waals surface area (Å²) in [6, 6.07) is 2.56. The SMILES string of the molecule is COc1cc2nc(N(C)CCCNC(=O)CCl)nc(NC3CCN(C4CCCC(C)(C)C4)CC3(F)F)c2cc1OC. The maximum absolute atomic E-state index is 15.7. The number of carbonyl (C=O) groups is 1. The summed E-state index contributed by atoms with van der Waals surface area (Å²) in [6.07, 6.45) is 5.07. The molecule has 228 valence electrons. The van der Waals surface area contributed by atoms with Crippen molar-refractivity contribution in [3.8, 4) is 11.5 Å².